The van der Waals surface area contributed by atoms with Crippen LogP contribution in [0.2, 0.25) is 5.02 Å². The Balaban J connectivity index is 2.43. The van der Waals surface area contributed by atoms with Gasteiger partial charge in [0.15, 0.2) is 0 Å². The van der Waals surface area contributed by atoms with Gasteiger partial charge in [0, 0.05) is 41.3 Å². The first kappa shape index (κ1) is 11.7. The maximum Gasteiger partial charge on any atom is 0.0462 e. The van der Waals surface area contributed by atoms with Crippen molar-refractivity contribution in [2.45, 2.75) is 25.8 Å². The highest BCUT2D eigenvalue weighted by molar-refractivity contribution is 6.32. The predicted molar refractivity (Wildman–Crippen MR) is 70.6 cm³/mol. The zero-order valence-electron chi connectivity index (χ0n) is 10.1. The summed E-state index contributed by atoms with van der Waals surface area (Å²) in [4.78, 5) is 2.40. The van der Waals surface area contributed by atoms with Gasteiger partial charge in [0.25, 0.3) is 0 Å². The highest BCUT2D eigenvalue weighted by Crippen LogP contribution is 2.41. The third kappa shape index (κ3) is 1.80. The molecule has 0 amide bonds. The van der Waals surface area contributed by atoms with Crippen molar-refractivity contribution >= 4 is 17.3 Å². The van der Waals surface area contributed by atoms with Gasteiger partial charge in [0.05, 0.1) is 0 Å². The molecular formula is C13H19ClN2. The fourth-order valence-corrected chi connectivity index (χ4v) is 2.81. The molecule has 0 saturated heterocycles. The van der Waals surface area contributed by atoms with Crippen molar-refractivity contribution < 1.29 is 0 Å². The standard InChI is InChI=1S/C13H19ClN2/c1-4-16-8-10(9(2)15-3)13-11(14)6-5-7-12(13)16/h5-7,9-10,15H,4,8H2,1-3H3. The largest absolute Gasteiger partial charge is 0.371 e. The summed E-state index contributed by atoms with van der Waals surface area (Å²) in [5, 5.41) is 4.24. The van der Waals surface area contributed by atoms with E-state index >= 15 is 0 Å². The third-order valence-corrected chi connectivity index (χ3v) is 3.93. The molecule has 88 valence electrons. The van der Waals surface area contributed by atoms with Crippen molar-refractivity contribution in [3.63, 3.8) is 0 Å². The molecule has 0 saturated carbocycles. The van der Waals surface area contributed by atoms with Crippen molar-refractivity contribution in [3.8, 4) is 0 Å². The van der Waals surface area contributed by atoms with Crippen molar-refractivity contribution in [2.75, 3.05) is 25.0 Å². The van der Waals surface area contributed by atoms with Gasteiger partial charge in [-0.1, -0.05) is 17.7 Å². The molecule has 0 aliphatic carbocycles. The summed E-state index contributed by atoms with van der Waals surface area (Å²) in [6.07, 6.45) is 0. The van der Waals surface area contributed by atoms with E-state index in [4.69, 9.17) is 11.6 Å². The maximum atomic E-state index is 6.33. The molecule has 0 bridgehead atoms. The first-order valence-electron chi connectivity index (χ1n) is 5.89. The minimum Gasteiger partial charge on any atom is -0.371 e. The Morgan fingerprint density at radius 1 is 1.56 bits per heavy atom. The molecule has 0 radical (unpaired) electrons. The lowest BCUT2D eigenvalue weighted by molar-refractivity contribution is 0.509. The Bertz CT molecular complexity index is 378. The quantitative estimate of drug-likeness (QED) is 0.871. The summed E-state index contributed by atoms with van der Waals surface area (Å²) in [5.74, 6) is 0.494. The van der Waals surface area contributed by atoms with Crippen LogP contribution < -0.4 is 10.2 Å². The SMILES string of the molecule is CCN1CC(C(C)NC)c2c(Cl)cccc21. The van der Waals surface area contributed by atoms with Gasteiger partial charge in [-0.05, 0) is 33.0 Å². The van der Waals surface area contributed by atoms with Crippen LogP contribution in [-0.4, -0.2) is 26.2 Å². The molecule has 1 aromatic carbocycles. The van der Waals surface area contributed by atoms with Crippen LogP contribution in [0.15, 0.2) is 18.2 Å². The van der Waals surface area contributed by atoms with Crippen LogP contribution in [0, 0.1) is 0 Å². The molecule has 2 nitrogen and oxygen atoms in total. The number of rotatable bonds is 3. The number of halogens is 1. The van der Waals surface area contributed by atoms with Crippen LogP contribution >= 0.6 is 11.6 Å². The zero-order valence-corrected chi connectivity index (χ0v) is 10.9. The smallest absolute Gasteiger partial charge is 0.0462 e. The highest BCUT2D eigenvalue weighted by Gasteiger charge is 2.32. The molecule has 0 aromatic heterocycles. The van der Waals surface area contributed by atoms with Gasteiger partial charge in [0.1, 0.15) is 0 Å². The number of benzene rings is 1. The highest BCUT2D eigenvalue weighted by atomic mass is 35.5. The number of likely N-dealkylation sites (N-methyl/N-ethyl adjacent to an activating group) is 2. The second kappa shape index (κ2) is 4.64. The zero-order chi connectivity index (χ0) is 11.7. The number of nitrogens with zero attached hydrogens (tertiary/aromatic N) is 1. The number of fused-ring (bicyclic) bond motifs is 1. The Labute approximate surface area is 103 Å². The van der Waals surface area contributed by atoms with Gasteiger partial charge in [-0.3, -0.25) is 0 Å². The fraction of sp³-hybridized carbons (Fsp3) is 0.538. The predicted octanol–water partition coefficient (Wildman–Crippen LogP) is 2.87. The fourth-order valence-electron chi connectivity index (χ4n) is 2.50. The molecule has 1 N–H and O–H groups in total. The molecule has 2 unspecified atom stereocenters. The molecule has 0 spiro atoms. The summed E-state index contributed by atoms with van der Waals surface area (Å²) < 4.78 is 0. The van der Waals surface area contributed by atoms with Gasteiger partial charge in [0.2, 0.25) is 0 Å². The van der Waals surface area contributed by atoms with E-state index in [0.717, 1.165) is 18.1 Å². The second-order valence-corrected chi connectivity index (χ2v) is 4.80. The van der Waals surface area contributed by atoms with E-state index in [2.05, 4.69) is 30.1 Å². The summed E-state index contributed by atoms with van der Waals surface area (Å²) in [6, 6.07) is 6.66. The van der Waals surface area contributed by atoms with Crippen LogP contribution in [0.5, 0.6) is 0 Å². The van der Waals surface area contributed by atoms with Crippen molar-refractivity contribution in [1.82, 2.24) is 5.32 Å². The van der Waals surface area contributed by atoms with Crippen molar-refractivity contribution in [2.24, 2.45) is 0 Å². The van der Waals surface area contributed by atoms with Crippen molar-refractivity contribution in [1.29, 1.82) is 0 Å². The maximum absolute atomic E-state index is 6.33. The first-order valence-corrected chi connectivity index (χ1v) is 6.27. The number of hydrogen-bond acceptors (Lipinski definition) is 2. The van der Waals surface area contributed by atoms with E-state index in [1.54, 1.807) is 0 Å². The average molecular weight is 239 g/mol. The molecule has 1 aliphatic heterocycles. The summed E-state index contributed by atoms with van der Waals surface area (Å²) in [5.41, 5.74) is 2.62. The molecular weight excluding hydrogens is 220 g/mol. The monoisotopic (exact) mass is 238 g/mol. The van der Waals surface area contributed by atoms with Crippen LogP contribution in [0.25, 0.3) is 0 Å². The van der Waals surface area contributed by atoms with E-state index < -0.39 is 0 Å². The number of anilines is 1. The molecule has 1 aromatic rings. The second-order valence-electron chi connectivity index (χ2n) is 4.40. The van der Waals surface area contributed by atoms with Gasteiger partial charge >= 0.3 is 0 Å². The lowest BCUT2D eigenvalue weighted by atomic mass is 9.94. The first-order chi connectivity index (χ1) is 7.69. The number of nitrogens with one attached hydrogen (secondary N) is 1. The summed E-state index contributed by atoms with van der Waals surface area (Å²) in [7, 11) is 2.01. The minimum atomic E-state index is 0.454. The number of hydrogen-bond donors (Lipinski definition) is 1. The van der Waals surface area contributed by atoms with Crippen LogP contribution in [0.1, 0.15) is 25.3 Å². The average Bonchev–Trinajstić information content (AvgIpc) is 2.68. The van der Waals surface area contributed by atoms with Crippen LogP contribution in [0.4, 0.5) is 5.69 Å². The lowest BCUT2D eigenvalue weighted by Crippen LogP contribution is -2.32. The Morgan fingerprint density at radius 3 is 2.94 bits per heavy atom. The van der Waals surface area contributed by atoms with Crippen LogP contribution in [-0.2, 0) is 0 Å². The normalized spacial score (nSPS) is 21.0. The topological polar surface area (TPSA) is 15.3 Å². The minimum absolute atomic E-state index is 0.454. The molecule has 16 heavy (non-hydrogen) atoms. The van der Waals surface area contributed by atoms with Gasteiger partial charge in [-0.25, -0.2) is 0 Å². The molecule has 3 heteroatoms. The van der Waals surface area contributed by atoms with E-state index in [9.17, 15) is 0 Å². The Kier molecular flexibility index (Phi) is 3.41. The summed E-state index contributed by atoms with van der Waals surface area (Å²) >= 11 is 6.33. The third-order valence-electron chi connectivity index (χ3n) is 3.60. The van der Waals surface area contributed by atoms with E-state index in [0.29, 0.717) is 12.0 Å². The molecule has 1 aliphatic rings. The Morgan fingerprint density at radius 2 is 2.31 bits per heavy atom. The van der Waals surface area contributed by atoms with Gasteiger partial charge < -0.3 is 10.2 Å². The van der Waals surface area contributed by atoms with E-state index in [1.807, 2.05) is 19.2 Å². The van der Waals surface area contributed by atoms with Gasteiger partial charge in [-0.15, -0.1) is 0 Å². The lowest BCUT2D eigenvalue weighted by Gasteiger charge is -2.21. The molecule has 1 heterocycles. The van der Waals surface area contributed by atoms with E-state index in [-0.39, 0.29) is 0 Å². The van der Waals surface area contributed by atoms with Crippen LogP contribution in [0.3, 0.4) is 0 Å². The molecule has 0 fully saturated rings. The molecule has 2 atom stereocenters. The Hall–Kier alpha value is -0.730. The van der Waals surface area contributed by atoms with Gasteiger partial charge in [-0.2, -0.15) is 0 Å². The molecule has 2 rings (SSSR count). The van der Waals surface area contributed by atoms with Crippen molar-refractivity contribution in [3.05, 3.63) is 28.8 Å². The summed E-state index contributed by atoms with van der Waals surface area (Å²) in [6.45, 7) is 6.52. The van der Waals surface area contributed by atoms with E-state index in [1.165, 1.54) is 11.3 Å².